The molecule has 0 radical (unpaired) electrons. The van der Waals surface area contributed by atoms with Crippen LogP contribution >= 0.6 is 24.0 Å². The molecule has 29 heavy (non-hydrogen) atoms. The molecule has 0 atom stereocenters. The third-order valence-corrected chi connectivity index (χ3v) is 5.93. The number of thioether (sulfide) groups is 1. The maximum absolute atomic E-state index is 13.2. The van der Waals surface area contributed by atoms with Gasteiger partial charge in [0.05, 0.1) is 35.6 Å². The van der Waals surface area contributed by atoms with Gasteiger partial charge in [0.2, 0.25) is 0 Å². The lowest BCUT2D eigenvalue weighted by atomic mass is 10.1. The molecule has 2 amide bonds. The molecule has 148 valence electrons. The normalized spacial score (nSPS) is 18.6. The molecule has 0 N–H and O–H groups in total. The summed E-state index contributed by atoms with van der Waals surface area (Å²) in [6.45, 7) is 1.89. The Hall–Kier alpha value is -2.91. The minimum atomic E-state index is -0.512. The van der Waals surface area contributed by atoms with Crippen molar-refractivity contribution in [3.8, 4) is 0 Å². The van der Waals surface area contributed by atoms with Crippen LogP contribution in [-0.4, -0.2) is 40.2 Å². The van der Waals surface area contributed by atoms with E-state index in [-0.39, 0.29) is 36.1 Å². The van der Waals surface area contributed by atoms with Gasteiger partial charge in [-0.05, 0) is 25.1 Å². The maximum Gasteiger partial charge on any atom is 0.326 e. The summed E-state index contributed by atoms with van der Waals surface area (Å²) in [5.74, 6) is -0.692. The van der Waals surface area contributed by atoms with E-state index < -0.39 is 11.9 Å². The molecule has 0 unspecified atom stereocenters. The second-order valence-electron chi connectivity index (χ2n) is 6.26. The average molecular weight is 428 g/mol. The molecular weight excluding hydrogens is 412 g/mol. The number of rotatable bonds is 5. The second kappa shape index (κ2) is 7.84. The number of carbonyl (C=O) groups is 3. The minimum Gasteiger partial charge on any atom is -0.467 e. The number of esters is 1. The summed E-state index contributed by atoms with van der Waals surface area (Å²) in [5, 5.41) is 0. The standard InChI is InChI=1S/C20H16N2O5S2/c1-2-26-15(23)11-21-14-8-4-3-7-13(14)16(18(21)24)17-19(25)22(20(28)29-17)10-12-6-5-9-27-12/h3-9H,2,10-11H2,1H3/b17-16+. The van der Waals surface area contributed by atoms with E-state index in [1.165, 1.54) is 16.1 Å². The average Bonchev–Trinajstić information content (AvgIpc) is 3.38. The van der Waals surface area contributed by atoms with Crippen LogP contribution in [0.3, 0.4) is 0 Å². The van der Waals surface area contributed by atoms with Crippen molar-refractivity contribution in [1.29, 1.82) is 0 Å². The highest BCUT2D eigenvalue weighted by molar-refractivity contribution is 8.26. The molecule has 0 spiro atoms. The van der Waals surface area contributed by atoms with Gasteiger partial charge in [-0.15, -0.1) is 0 Å². The zero-order valence-corrected chi connectivity index (χ0v) is 17.0. The molecule has 1 saturated heterocycles. The third-order valence-electron chi connectivity index (χ3n) is 4.49. The Balaban J connectivity index is 1.71. The predicted octanol–water partition coefficient (Wildman–Crippen LogP) is 2.96. The Bertz CT molecular complexity index is 1040. The molecule has 3 heterocycles. The first-order valence-electron chi connectivity index (χ1n) is 8.88. The second-order valence-corrected chi connectivity index (χ2v) is 7.90. The van der Waals surface area contributed by atoms with Crippen LogP contribution in [0.5, 0.6) is 0 Å². The summed E-state index contributed by atoms with van der Waals surface area (Å²) in [4.78, 5) is 41.2. The minimum absolute atomic E-state index is 0.191. The van der Waals surface area contributed by atoms with Gasteiger partial charge in [-0.3, -0.25) is 24.2 Å². The van der Waals surface area contributed by atoms with Gasteiger partial charge in [0, 0.05) is 5.56 Å². The smallest absolute Gasteiger partial charge is 0.326 e. The SMILES string of the molecule is CCOC(=O)CN1C(=O)/C(=C2/SC(=S)N(Cc3ccco3)C2=O)c2ccccc21. The van der Waals surface area contributed by atoms with E-state index in [1.807, 2.05) is 0 Å². The largest absolute Gasteiger partial charge is 0.467 e. The van der Waals surface area contributed by atoms with Gasteiger partial charge in [-0.25, -0.2) is 0 Å². The molecule has 9 heteroatoms. The number of amides is 2. The van der Waals surface area contributed by atoms with E-state index in [0.29, 0.717) is 21.3 Å². The van der Waals surface area contributed by atoms with Crippen LogP contribution in [0, 0.1) is 0 Å². The number of thiocarbonyl (C=S) groups is 1. The molecular formula is C20H16N2O5S2. The van der Waals surface area contributed by atoms with Gasteiger partial charge >= 0.3 is 5.97 Å². The van der Waals surface area contributed by atoms with Crippen LogP contribution in [0.25, 0.3) is 5.57 Å². The molecule has 0 bridgehead atoms. The van der Waals surface area contributed by atoms with Gasteiger partial charge < -0.3 is 9.15 Å². The first kappa shape index (κ1) is 19.4. The fourth-order valence-corrected chi connectivity index (χ4v) is 4.56. The molecule has 4 rings (SSSR count). The number of anilines is 1. The van der Waals surface area contributed by atoms with E-state index >= 15 is 0 Å². The number of furan rings is 1. The Morgan fingerprint density at radius 3 is 2.66 bits per heavy atom. The summed E-state index contributed by atoms with van der Waals surface area (Å²) in [6, 6.07) is 10.5. The quantitative estimate of drug-likeness (QED) is 0.411. The van der Waals surface area contributed by atoms with Crippen molar-refractivity contribution >= 4 is 57.3 Å². The monoisotopic (exact) mass is 428 g/mol. The predicted molar refractivity (Wildman–Crippen MR) is 112 cm³/mol. The van der Waals surface area contributed by atoms with Crippen molar-refractivity contribution in [1.82, 2.24) is 4.90 Å². The molecule has 1 aromatic heterocycles. The number of ether oxygens (including phenoxy) is 1. The van der Waals surface area contributed by atoms with E-state index in [0.717, 1.165) is 11.8 Å². The van der Waals surface area contributed by atoms with Crippen molar-refractivity contribution in [2.45, 2.75) is 13.5 Å². The zero-order valence-electron chi connectivity index (χ0n) is 15.4. The fraction of sp³-hybridized carbons (Fsp3) is 0.200. The highest BCUT2D eigenvalue weighted by Gasteiger charge is 2.42. The molecule has 0 saturated carbocycles. The summed E-state index contributed by atoms with van der Waals surface area (Å²) in [6.07, 6.45) is 1.52. The lowest BCUT2D eigenvalue weighted by Gasteiger charge is -2.15. The van der Waals surface area contributed by atoms with E-state index in [2.05, 4.69) is 0 Å². The molecule has 7 nitrogen and oxygen atoms in total. The Labute approximate surface area is 176 Å². The zero-order chi connectivity index (χ0) is 20.5. The van der Waals surface area contributed by atoms with Gasteiger partial charge in [0.25, 0.3) is 11.8 Å². The topological polar surface area (TPSA) is 80.1 Å². The highest BCUT2D eigenvalue weighted by atomic mass is 32.2. The van der Waals surface area contributed by atoms with Gasteiger partial charge in [0.1, 0.15) is 16.6 Å². The van der Waals surface area contributed by atoms with Crippen LogP contribution in [0.1, 0.15) is 18.2 Å². The molecule has 1 fully saturated rings. The van der Waals surface area contributed by atoms with Crippen molar-refractivity contribution in [3.05, 3.63) is 58.9 Å². The number of fused-ring (bicyclic) bond motifs is 1. The Kier molecular flexibility index (Phi) is 5.25. The number of nitrogens with zero attached hydrogens (tertiary/aromatic N) is 2. The van der Waals surface area contributed by atoms with Crippen LogP contribution in [0.2, 0.25) is 0 Å². The molecule has 2 aliphatic heterocycles. The molecule has 2 aromatic rings. The Morgan fingerprint density at radius 2 is 1.93 bits per heavy atom. The number of carbonyl (C=O) groups excluding carboxylic acids is 3. The maximum atomic E-state index is 13.2. The van der Waals surface area contributed by atoms with Crippen molar-refractivity contribution in [2.24, 2.45) is 0 Å². The lowest BCUT2D eigenvalue weighted by Crippen LogP contribution is -2.33. The van der Waals surface area contributed by atoms with Gasteiger partial charge in [-0.2, -0.15) is 0 Å². The lowest BCUT2D eigenvalue weighted by molar-refractivity contribution is -0.142. The van der Waals surface area contributed by atoms with Crippen molar-refractivity contribution in [3.63, 3.8) is 0 Å². The van der Waals surface area contributed by atoms with Crippen LogP contribution in [0.4, 0.5) is 5.69 Å². The van der Waals surface area contributed by atoms with Gasteiger partial charge in [0.15, 0.2) is 0 Å². The Morgan fingerprint density at radius 1 is 1.14 bits per heavy atom. The van der Waals surface area contributed by atoms with Crippen LogP contribution in [-0.2, 0) is 25.7 Å². The number of hydrogen-bond donors (Lipinski definition) is 0. The summed E-state index contributed by atoms with van der Waals surface area (Å²) in [5.41, 5.74) is 1.42. The first-order chi connectivity index (χ1) is 14.0. The van der Waals surface area contributed by atoms with Crippen molar-refractivity contribution < 1.29 is 23.5 Å². The third kappa shape index (κ3) is 3.47. The van der Waals surface area contributed by atoms with E-state index in [4.69, 9.17) is 21.4 Å². The number of benzene rings is 1. The molecule has 2 aliphatic rings. The van der Waals surface area contributed by atoms with Gasteiger partial charge in [-0.1, -0.05) is 42.2 Å². The summed E-state index contributed by atoms with van der Waals surface area (Å²) < 4.78 is 10.6. The highest BCUT2D eigenvalue weighted by Crippen LogP contribution is 2.44. The molecule has 1 aromatic carbocycles. The van der Waals surface area contributed by atoms with E-state index in [1.54, 1.807) is 43.3 Å². The van der Waals surface area contributed by atoms with E-state index in [9.17, 15) is 14.4 Å². The van der Waals surface area contributed by atoms with Crippen LogP contribution < -0.4 is 4.90 Å². The summed E-state index contributed by atoms with van der Waals surface area (Å²) in [7, 11) is 0. The molecule has 0 aliphatic carbocycles. The number of para-hydroxylation sites is 1. The van der Waals surface area contributed by atoms with Crippen molar-refractivity contribution in [2.75, 3.05) is 18.1 Å². The fourth-order valence-electron chi connectivity index (χ4n) is 3.24. The van der Waals surface area contributed by atoms with Crippen LogP contribution in [0.15, 0.2) is 52.0 Å². The summed E-state index contributed by atoms with van der Waals surface area (Å²) >= 11 is 6.45. The number of hydrogen-bond acceptors (Lipinski definition) is 7. The first-order valence-corrected chi connectivity index (χ1v) is 10.1.